The molecule has 12 heteroatoms. The van der Waals surface area contributed by atoms with Crippen LogP contribution in [0.25, 0.3) is 0 Å². The Morgan fingerprint density at radius 1 is 0.477 bits per heavy atom. The Bertz CT molecular complexity index is 742. The molecule has 0 saturated heterocycles. The van der Waals surface area contributed by atoms with Crippen molar-refractivity contribution in [2.75, 3.05) is 141 Å². The van der Waals surface area contributed by atoms with E-state index in [1.807, 2.05) is 56.3 Å². The van der Waals surface area contributed by atoms with Crippen molar-refractivity contribution in [2.24, 2.45) is 5.41 Å². The van der Waals surface area contributed by atoms with Crippen LogP contribution in [0.1, 0.15) is 46.5 Å². The van der Waals surface area contributed by atoms with Crippen LogP contribution in [0.4, 0.5) is 0 Å². The standard InChI is InChI=1S/C32H66N6O6/c1-11-32(26-42-29(39)14-17-35(8)22-20-33(4)5,27-43-30(40)15-18-36(9)23-21-34(6)7)28-44-31(41)16-19-37(10)24-25-38(12-2)13-3/h11-28H2,1-10H3. The molecule has 0 unspecified atom stereocenters. The van der Waals surface area contributed by atoms with E-state index in [-0.39, 0.29) is 57.0 Å². The molecule has 44 heavy (non-hydrogen) atoms. The minimum atomic E-state index is -0.816. The van der Waals surface area contributed by atoms with Crippen molar-refractivity contribution in [1.82, 2.24) is 29.4 Å². The smallest absolute Gasteiger partial charge is 0.307 e. The summed E-state index contributed by atoms with van der Waals surface area (Å²) in [5.74, 6) is -0.968. The molecule has 0 heterocycles. The third-order valence-corrected chi connectivity index (χ3v) is 8.01. The van der Waals surface area contributed by atoms with Crippen LogP contribution in [-0.4, -0.2) is 188 Å². The lowest BCUT2D eigenvalue weighted by atomic mass is 9.88. The highest BCUT2D eigenvalue weighted by atomic mass is 16.6. The van der Waals surface area contributed by atoms with Gasteiger partial charge in [0.15, 0.2) is 0 Å². The van der Waals surface area contributed by atoms with Gasteiger partial charge in [0.25, 0.3) is 0 Å². The molecule has 260 valence electrons. The summed E-state index contributed by atoms with van der Waals surface area (Å²) in [6.07, 6.45) is 1.27. The first-order valence-electron chi connectivity index (χ1n) is 16.3. The largest absolute Gasteiger partial charge is 0.465 e. The third-order valence-electron chi connectivity index (χ3n) is 8.01. The van der Waals surface area contributed by atoms with E-state index in [9.17, 15) is 14.4 Å². The lowest BCUT2D eigenvalue weighted by Gasteiger charge is -2.31. The van der Waals surface area contributed by atoms with Gasteiger partial charge >= 0.3 is 17.9 Å². The molecule has 0 amide bonds. The van der Waals surface area contributed by atoms with E-state index in [0.717, 1.165) is 52.4 Å². The third kappa shape index (κ3) is 21.8. The normalized spacial score (nSPS) is 12.3. The zero-order valence-corrected chi connectivity index (χ0v) is 29.9. The summed E-state index contributed by atoms with van der Waals surface area (Å²) in [6.45, 7) is 15.3. The Morgan fingerprint density at radius 2 is 0.795 bits per heavy atom. The van der Waals surface area contributed by atoms with E-state index in [1.54, 1.807) is 0 Å². The molecule has 0 spiro atoms. The van der Waals surface area contributed by atoms with E-state index < -0.39 is 5.41 Å². The molecule has 12 nitrogen and oxygen atoms in total. The lowest BCUT2D eigenvalue weighted by Crippen LogP contribution is -2.40. The fraction of sp³-hybridized carbons (Fsp3) is 0.906. The van der Waals surface area contributed by atoms with Crippen LogP contribution in [0.15, 0.2) is 0 Å². The molecule has 0 radical (unpaired) electrons. The highest BCUT2D eigenvalue weighted by molar-refractivity contribution is 5.70. The maximum atomic E-state index is 12.7. The number of nitrogens with zero attached hydrogens (tertiary/aromatic N) is 6. The second kappa shape index (κ2) is 24.4. The van der Waals surface area contributed by atoms with Gasteiger partial charge in [0.1, 0.15) is 19.8 Å². The number of hydrogen-bond acceptors (Lipinski definition) is 12. The van der Waals surface area contributed by atoms with E-state index in [2.05, 4.69) is 43.2 Å². The molecule has 0 fully saturated rings. The van der Waals surface area contributed by atoms with Crippen molar-refractivity contribution in [2.45, 2.75) is 46.5 Å². The first-order chi connectivity index (χ1) is 20.7. The van der Waals surface area contributed by atoms with Gasteiger partial charge in [-0.2, -0.15) is 0 Å². The van der Waals surface area contributed by atoms with Crippen molar-refractivity contribution < 1.29 is 28.6 Å². The van der Waals surface area contributed by atoms with E-state index in [1.165, 1.54) is 0 Å². The predicted octanol–water partition coefficient (Wildman–Crippen LogP) is 1.44. The second-order valence-corrected chi connectivity index (χ2v) is 12.6. The molecule has 0 aliphatic carbocycles. The van der Waals surface area contributed by atoms with Crippen LogP contribution in [0.5, 0.6) is 0 Å². The fourth-order valence-electron chi connectivity index (χ4n) is 4.12. The van der Waals surface area contributed by atoms with Crippen molar-refractivity contribution in [3.63, 3.8) is 0 Å². The van der Waals surface area contributed by atoms with Crippen LogP contribution >= 0.6 is 0 Å². The Morgan fingerprint density at radius 3 is 1.07 bits per heavy atom. The summed E-state index contributed by atoms with van der Waals surface area (Å²) in [5, 5.41) is 0. The van der Waals surface area contributed by atoms with Crippen molar-refractivity contribution in [3.8, 4) is 0 Å². The number of carbonyl (C=O) groups is 3. The Balaban J connectivity index is 5.10. The highest BCUT2D eigenvalue weighted by Crippen LogP contribution is 2.25. The topological polar surface area (TPSA) is 98.3 Å². The maximum absolute atomic E-state index is 12.7. The number of ether oxygens (including phenoxy) is 3. The van der Waals surface area contributed by atoms with Crippen LogP contribution in [-0.2, 0) is 28.6 Å². The molecule has 0 bridgehead atoms. The summed E-state index contributed by atoms with van der Waals surface area (Å²) in [6, 6.07) is 0. The monoisotopic (exact) mass is 631 g/mol. The number of carbonyl (C=O) groups excluding carboxylic acids is 3. The second-order valence-electron chi connectivity index (χ2n) is 12.6. The van der Waals surface area contributed by atoms with Crippen molar-refractivity contribution >= 4 is 17.9 Å². The van der Waals surface area contributed by atoms with Gasteiger partial charge in [0.05, 0.1) is 24.7 Å². The zero-order chi connectivity index (χ0) is 33.5. The van der Waals surface area contributed by atoms with Crippen LogP contribution in [0.2, 0.25) is 0 Å². The molecule has 0 aromatic rings. The number of esters is 3. The summed E-state index contributed by atoms with van der Waals surface area (Å²) in [4.78, 5) is 50.9. The molecular formula is C32H66N6O6. The summed E-state index contributed by atoms with van der Waals surface area (Å²) in [7, 11) is 14.0. The van der Waals surface area contributed by atoms with Gasteiger partial charge in [-0.1, -0.05) is 20.8 Å². The summed E-state index contributed by atoms with van der Waals surface area (Å²) in [5.41, 5.74) is -0.816. The van der Waals surface area contributed by atoms with Crippen LogP contribution < -0.4 is 0 Å². The van der Waals surface area contributed by atoms with Gasteiger partial charge in [-0.3, -0.25) is 14.4 Å². The van der Waals surface area contributed by atoms with Crippen LogP contribution in [0, 0.1) is 5.41 Å². The highest BCUT2D eigenvalue weighted by Gasteiger charge is 2.34. The van der Waals surface area contributed by atoms with Gasteiger partial charge in [0.2, 0.25) is 0 Å². The maximum Gasteiger partial charge on any atom is 0.307 e. The van der Waals surface area contributed by atoms with Crippen LogP contribution in [0.3, 0.4) is 0 Å². The molecule has 0 rings (SSSR count). The molecule has 0 atom stereocenters. The average molecular weight is 631 g/mol. The average Bonchev–Trinajstić information content (AvgIpc) is 2.99. The first-order valence-corrected chi connectivity index (χ1v) is 16.3. The SMILES string of the molecule is CCN(CC)CCN(C)CCC(=O)OCC(CC)(COC(=O)CCN(C)CCN(C)C)COC(=O)CCN(C)CCN(C)C. The van der Waals surface area contributed by atoms with Gasteiger partial charge in [-0.25, -0.2) is 0 Å². The van der Waals surface area contributed by atoms with Gasteiger partial charge in [0, 0.05) is 58.9 Å². The molecule has 0 aromatic carbocycles. The number of rotatable bonds is 27. The molecule has 0 aliphatic rings. The summed E-state index contributed by atoms with van der Waals surface area (Å²) < 4.78 is 17.1. The quantitative estimate of drug-likeness (QED) is 0.0971. The summed E-state index contributed by atoms with van der Waals surface area (Å²) >= 11 is 0. The van der Waals surface area contributed by atoms with Crippen molar-refractivity contribution in [1.29, 1.82) is 0 Å². The Labute approximate surface area is 268 Å². The first kappa shape index (κ1) is 42.2. The molecule has 0 saturated carbocycles. The minimum absolute atomic E-state index is 0.0107. The molecular weight excluding hydrogens is 564 g/mol. The van der Waals surface area contributed by atoms with Gasteiger partial charge < -0.3 is 43.6 Å². The Hall–Kier alpha value is -1.83. The van der Waals surface area contributed by atoms with E-state index in [4.69, 9.17) is 14.2 Å². The lowest BCUT2D eigenvalue weighted by molar-refractivity contribution is -0.162. The molecule has 0 N–H and O–H groups in total. The zero-order valence-electron chi connectivity index (χ0n) is 29.9. The number of hydrogen-bond donors (Lipinski definition) is 0. The van der Waals surface area contributed by atoms with E-state index >= 15 is 0 Å². The number of likely N-dealkylation sites (N-methyl/N-ethyl adjacent to an activating group) is 6. The molecule has 0 aliphatic heterocycles. The fourth-order valence-corrected chi connectivity index (χ4v) is 4.12. The minimum Gasteiger partial charge on any atom is -0.465 e. The molecule has 0 aromatic heterocycles. The van der Waals surface area contributed by atoms with Gasteiger partial charge in [-0.15, -0.1) is 0 Å². The predicted molar refractivity (Wildman–Crippen MR) is 177 cm³/mol. The van der Waals surface area contributed by atoms with Gasteiger partial charge in [-0.05, 0) is 68.8 Å². The van der Waals surface area contributed by atoms with Crippen molar-refractivity contribution in [3.05, 3.63) is 0 Å². The van der Waals surface area contributed by atoms with E-state index in [0.29, 0.717) is 26.1 Å². The Kier molecular flexibility index (Phi) is 23.4.